The number of halogens is 1. The van der Waals surface area contributed by atoms with Crippen molar-refractivity contribution in [2.75, 3.05) is 12.8 Å². The highest BCUT2D eigenvalue weighted by atomic mass is 35.5. The number of fused-ring (bicyclic) bond motifs is 1. The number of rotatable bonds is 3. The molecule has 0 saturated carbocycles. The maximum absolute atomic E-state index is 11.9. The largest absolute Gasteiger partial charge is 0.496 e. The molecule has 124 valence electrons. The van der Waals surface area contributed by atoms with Gasteiger partial charge in [0.2, 0.25) is 5.28 Å². The Morgan fingerprint density at radius 2 is 2.04 bits per heavy atom. The van der Waals surface area contributed by atoms with E-state index in [2.05, 4.69) is 9.97 Å². The lowest BCUT2D eigenvalue weighted by Gasteiger charge is -2.16. The van der Waals surface area contributed by atoms with Crippen molar-refractivity contribution in [3.63, 3.8) is 0 Å². The number of hydrogen-bond acceptors (Lipinski definition) is 5. The Kier molecular flexibility index (Phi) is 3.81. The highest BCUT2D eigenvalue weighted by molar-refractivity contribution is 6.28. The number of hydrogen-bond donors (Lipinski definition) is 2. The van der Waals surface area contributed by atoms with Gasteiger partial charge in [0, 0.05) is 11.8 Å². The second-order valence-electron chi connectivity index (χ2n) is 5.39. The van der Waals surface area contributed by atoms with E-state index in [4.69, 9.17) is 27.8 Å². The molecule has 7 nitrogen and oxygen atoms in total. The van der Waals surface area contributed by atoms with E-state index in [0.29, 0.717) is 16.8 Å². The summed E-state index contributed by atoms with van der Waals surface area (Å²) in [6.07, 6.45) is 1.45. The number of nitrogen functional groups attached to an aromatic ring is 1. The molecule has 2 heterocycles. The van der Waals surface area contributed by atoms with Crippen LogP contribution in [-0.4, -0.2) is 27.6 Å². The fourth-order valence-electron chi connectivity index (χ4n) is 2.93. The monoisotopic (exact) mass is 345 g/mol. The number of nitrogens with zero attached hydrogens (tertiary/aromatic N) is 3. The number of aromatic nitrogens is 3. The van der Waals surface area contributed by atoms with E-state index in [1.807, 2.05) is 26.0 Å². The Bertz CT molecular complexity index is 980. The van der Waals surface area contributed by atoms with Crippen molar-refractivity contribution in [1.82, 2.24) is 14.5 Å². The van der Waals surface area contributed by atoms with Crippen LogP contribution in [0.3, 0.4) is 0 Å². The number of benzene rings is 1. The first-order valence-electron chi connectivity index (χ1n) is 7.13. The maximum Gasteiger partial charge on any atom is 0.253 e. The number of aryl methyl sites for hydroxylation is 1. The Morgan fingerprint density at radius 3 is 2.67 bits per heavy atom. The number of ether oxygens (including phenoxy) is 1. The van der Waals surface area contributed by atoms with Gasteiger partial charge in [0.1, 0.15) is 11.6 Å². The van der Waals surface area contributed by atoms with Crippen molar-refractivity contribution < 1.29 is 9.53 Å². The zero-order chi connectivity index (χ0) is 17.6. The molecule has 3 aromatic rings. The first-order chi connectivity index (χ1) is 11.4. The molecule has 0 atom stereocenters. The molecule has 0 fully saturated rings. The standard InChI is InChI=1S/C16H16ClN5O2/c1-7-4-5-10(24-3)8(2)12(7)22-13(18)11(14(19)23)9-6-20-16(17)21-15(9)22/h4-6H,18H2,1-3H3,(H2,19,23). The van der Waals surface area contributed by atoms with Crippen LogP contribution in [-0.2, 0) is 0 Å². The summed E-state index contributed by atoms with van der Waals surface area (Å²) in [5, 5.41) is 0.501. The van der Waals surface area contributed by atoms with Crippen molar-refractivity contribution >= 4 is 34.4 Å². The summed E-state index contributed by atoms with van der Waals surface area (Å²) in [7, 11) is 1.59. The SMILES string of the molecule is COc1ccc(C)c(-n2c(N)c(C(N)=O)c3cnc(Cl)nc32)c1C. The summed E-state index contributed by atoms with van der Waals surface area (Å²) in [5.74, 6) is 0.228. The lowest BCUT2D eigenvalue weighted by atomic mass is 10.1. The molecule has 24 heavy (non-hydrogen) atoms. The second kappa shape index (κ2) is 5.68. The van der Waals surface area contributed by atoms with Crippen LogP contribution in [0.2, 0.25) is 5.28 Å². The average Bonchev–Trinajstić information content (AvgIpc) is 2.80. The summed E-state index contributed by atoms with van der Waals surface area (Å²) < 4.78 is 7.05. The van der Waals surface area contributed by atoms with E-state index < -0.39 is 5.91 Å². The average molecular weight is 346 g/mol. The van der Waals surface area contributed by atoms with Gasteiger partial charge in [0.15, 0.2) is 5.65 Å². The van der Waals surface area contributed by atoms with Gasteiger partial charge in [-0.1, -0.05) is 6.07 Å². The van der Waals surface area contributed by atoms with Crippen LogP contribution < -0.4 is 16.2 Å². The molecular formula is C16H16ClN5O2. The zero-order valence-corrected chi connectivity index (χ0v) is 14.2. The van der Waals surface area contributed by atoms with Crippen LogP contribution in [0.1, 0.15) is 21.5 Å². The Balaban J connectivity index is 2.50. The molecule has 0 bridgehead atoms. The van der Waals surface area contributed by atoms with E-state index in [1.165, 1.54) is 6.20 Å². The number of carbonyl (C=O) groups is 1. The van der Waals surface area contributed by atoms with E-state index >= 15 is 0 Å². The molecule has 8 heteroatoms. The van der Waals surface area contributed by atoms with Gasteiger partial charge in [-0.2, -0.15) is 4.98 Å². The quantitative estimate of drug-likeness (QED) is 0.708. The molecule has 1 aromatic carbocycles. The number of carbonyl (C=O) groups excluding carboxylic acids is 1. The molecule has 0 unspecified atom stereocenters. The highest BCUT2D eigenvalue weighted by Crippen LogP contribution is 2.35. The van der Waals surface area contributed by atoms with Gasteiger partial charge in [0.05, 0.1) is 23.7 Å². The molecule has 0 aliphatic rings. The van der Waals surface area contributed by atoms with E-state index in [1.54, 1.807) is 11.7 Å². The lowest BCUT2D eigenvalue weighted by molar-refractivity contribution is 0.100. The van der Waals surface area contributed by atoms with Gasteiger partial charge in [-0.15, -0.1) is 0 Å². The van der Waals surface area contributed by atoms with Crippen molar-refractivity contribution in [2.24, 2.45) is 5.73 Å². The second-order valence-corrected chi connectivity index (χ2v) is 5.73. The smallest absolute Gasteiger partial charge is 0.253 e. The van der Waals surface area contributed by atoms with Crippen LogP contribution in [0.4, 0.5) is 5.82 Å². The lowest BCUT2D eigenvalue weighted by Crippen LogP contribution is -2.14. The van der Waals surface area contributed by atoms with Crippen LogP contribution in [0.5, 0.6) is 5.75 Å². The van der Waals surface area contributed by atoms with Crippen LogP contribution in [0.25, 0.3) is 16.7 Å². The third kappa shape index (κ3) is 2.25. The summed E-state index contributed by atoms with van der Waals surface area (Å²) in [5.41, 5.74) is 14.9. The Morgan fingerprint density at radius 1 is 1.33 bits per heavy atom. The molecule has 0 radical (unpaired) electrons. The van der Waals surface area contributed by atoms with Gasteiger partial charge in [-0.25, -0.2) is 4.98 Å². The highest BCUT2D eigenvalue weighted by Gasteiger charge is 2.24. The number of nitrogens with two attached hydrogens (primary N) is 2. The fraction of sp³-hybridized carbons (Fsp3) is 0.188. The van der Waals surface area contributed by atoms with Gasteiger partial charge < -0.3 is 16.2 Å². The van der Waals surface area contributed by atoms with Crippen LogP contribution >= 0.6 is 11.6 Å². The third-order valence-electron chi connectivity index (χ3n) is 3.99. The summed E-state index contributed by atoms with van der Waals surface area (Å²) in [6, 6.07) is 3.77. The Hall–Kier alpha value is -2.80. The molecule has 2 aromatic heterocycles. The minimum absolute atomic E-state index is 0.0514. The molecule has 0 spiro atoms. The van der Waals surface area contributed by atoms with Crippen LogP contribution in [0.15, 0.2) is 18.3 Å². The van der Waals surface area contributed by atoms with Crippen molar-refractivity contribution in [3.8, 4) is 11.4 Å². The fourth-order valence-corrected chi connectivity index (χ4v) is 3.06. The van der Waals surface area contributed by atoms with Gasteiger partial charge in [-0.05, 0) is 37.1 Å². The van der Waals surface area contributed by atoms with Crippen molar-refractivity contribution in [2.45, 2.75) is 13.8 Å². The first kappa shape index (κ1) is 16.1. The Labute approximate surface area is 143 Å². The molecule has 1 amide bonds. The predicted octanol–water partition coefficient (Wildman–Crippen LogP) is 2.38. The van der Waals surface area contributed by atoms with Crippen LogP contribution in [0, 0.1) is 13.8 Å². The predicted molar refractivity (Wildman–Crippen MR) is 92.8 cm³/mol. The van der Waals surface area contributed by atoms with Gasteiger partial charge >= 0.3 is 0 Å². The van der Waals surface area contributed by atoms with E-state index in [0.717, 1.165) is 16.8 Å². The van der Waals surface area contributed by atoms with Crippen molar-refractivity contribution in [3.05, 3.63) is 40.3 Å². The number of primary amides is 1. The number of methoxy groups -OCH3 is 1. The van der Waals surface area contributed by atoms with Gasteiger partial charge in [0.25, 0.3) is 5.91 Å². The summed E-state index contributed by atoms with van der Waals surface area (Å²) in [6.45, 7) is 3.83. The zero-order valence-electron chi connectivity index (χ0n) is 13.4. The summed E-state index contributed by atoms with van der Waals surface area (Å²) >= 11 is 5.94. The molecule has 0 aliphatic heterocycles. The molecule has 0 aliphatic carbocycles. The summed E-state index contributed by atoms with van der Waals surface area (Å²) in [4.78, 5) is 20.0. The van der Waals surface area contributed by atoms with Gasteiger partial charge in [-0.3, -0.25) is 9.36 Å². The van der Waals surface area contributed by atoms with E-state index in [-0.39, 0.29) is 16.7 Å². The number of anilines is 1. The maximum atomic E-state index is 11.9. The minimum atomic E-state index is -0.652. The molecule has 0 saturated heterocycles. The van der Waals surface area contributed by atoms with Crippen molar-refractivity contribution in [1.29, 1.82) is 0 Å². The van der Waals surface area contributed by atoms with E-state index in [9.17, 15) is 4.79 Å². The minimum Gasteiger partial charge on any atom is -0.496 e. The third-order valence-corrected chi connectivity index (χ3v) is 4.17. The normalized spacial score (nSPS) is 11.0. The molecule has 3 rings (SSSR count). The number of amides is 1. The first-order valence-corrected chi connectivity index (χ1v) is 7.51. The topological polar surface area (TPSA) is 109 Å². The molecular weight excluding hydrogens is 330 g/mol. The molecule has 4 N–H and O–H groups in total.